The zero-order chi connectivity index (χ0) is 17.6. The summed E-state index contributed by atoms with van der Waals surface area (Å²) in [5.74, 6) is 0.856. The highest BCUT2D eigenvalue weighted by atomic mass is 16.5. The number of hydrogen-bond acceptors (Lipinski definition) is 3. The molecule has 3 rings (SSSR count). The Labute approximate surface area is 148 Å². The van der Waals surface area contributed by atoms with Crippen LogP contribution in [-0.2, 0) is 0 Å². The minimum absolute atomic E-state index is 0.0345. The minimum atomic E-state index is 0.0345. The van der Waals surface area contributed by atoms with Gasteiger partial charge in [0.1, 0.15) is 5.75 Å². The van der Waals surface area contributed by atoms with Crippen molar-refractivity contribution in [1.29, 1.82) is 5.26 Å². The summed E-state index contributed by atoms with van der Waals surface area (Å²) in [5, 5.41) is 8.93. The van der Waals surface area contributed by atoms with Crippen molar-refractivity contribution in [2.75, 3.05) is 13.7 Å². The number of nitrogens with zero attached hydrogens (tertiary/aromatic N) is 2. The molecule has 1 aliphatic rings. The highest BCUT2D eigenvalue weighted by Crippen LogP contribution is 2.32. The van der Waals surface area contributed by atoms with Gasteiger partial charge in [-0.15, -0.1) is 0 Å². The van der Waals surface area contributed by atoms with Crippen LogP contribution in [0.4, 0.5) is 0 Å². The van der Waals surface area contributed by atoms with Gasteiger partial charge in [-0.3, -0.25) is 4.79 Å². The summed E-state index contributed by atoms with van der Waals surface area (Å²) in [6, 6.07) is 17.1. The van der Waals surface area contributed by atoms with Crippen LogP contribution in [0.25, 0.3) is 0 Å². The molecule has 1 atom stereocenters. The van der Waals surface area contributed by atoms with Crippen molar-refractivity contribution >= 4 is 5.91 Å². The van der Waals surface area contributed by atoms with Crippen molar-refractivity contribution in [2.45, 2.75) is 31.7 Å². The van der Waals surface area contributed by atoms with Gasteiger partial charge in [-0.2, -0.15) is 5.26 Å². The number of amides is 1. The maximum absolute atomic E-state index is 13.1. The number of rotatable bonds is 3. The quantitative estimate of drug-likeness (QED) is 0.840. The van der Waals surface area contributed by atoms with Crippen LogP contribution in [0.15, 0.2) is 48.5 Å². The summed E-state index contributed by atoms with van der Waals surface area (Å²) < 4.78 is 5.24. The average Bonchev–Trinajstić information content (AvgIpc) is 2.93. The third-order valence-corrected chi connectivity index (χ3v) is 4.78. The second kappa shape index (κ2) is 7.85. The molecule has 2 aromatic rings. The maximum Gasteiger partial charge on any atom is 0.254 e. The monoisotopic (exact) mass is 334 g/mol. The summed E-state index contributed by atoms with van der Waals surface area (Å²) in [7, 11) is 1.65. The van der Waals surface area contributed by atoms with Crippen LogP contribution >= 0.6 is 0 Å². The first kappa shape index (κ1) is 17.0. The van der Waals surface area contributed by atoms with Crippen molar-refractivity contribution in [3.63, 3.8) is 0 Å². The lowest BCUT2D eigenvalue weighted by Crippen LogP contribution is -2.34. The first-order valence-electron chi connectivity index (χ1n) is 8.68. The van der Waals surface area contributed by atoms with Gasteiger partial charge < -0.3 is 9.64 Å². The molecule has 0 aromatic heterocycles. The molecule has 0 aliphatic carbocycles. The molecule has 128 valence electrons. The van der Waals surface area contributed by atoms with Crippen LogP contribution in [-0.4, -0.2) is 24.5 Å². The number of nitriles is 1. The second-order valence-electron chi connectivity index (χ2n) is 6.33. The normalized spacial score (nSPS) is 17.4. The van der Waals surface area contributed by atoms with E-state index in [0.717, 1.165) is 43.5 Å². The average molecular weight is 334 g/mol. The van der Waals surface area contributed by atoms with Gasteiger partial charge in [0.05, 0.1) is 24.8 Å². The Balaban J connectivity index is 1.88. The van der Waals surface area contributed by atoms with Gasteiger partial charge in [0, 0.05) is 12.1 Å². The fraction of sp³-hybridized carbons (Fsp3) is 0.333. The molecule has 0 spiro atoms. The molecule has 0 saturated carbocycles. The van der Waals surface area contributed by atoms with Crippen molar-refractivity contribution in [3.8, 4) is 11.8 Å². The van der Waals surface area contributed by atoms with Crippen molar-refractivity contribution in [2.24, 2.45) is 0 Å². The van der Waals surface area contributed by atoms with E-state index in [1.165, 1.54) is 0 Å². The Morgan fingerprint density at radius 2 is 1.80 bits per heavy atom. The number of carbonyl (C=O) groups is 1. The highest BCUT2D eigenvalue weighted by molar-refractivity contribution is 5.94. The van der Waals surface area contributed by atoms with Crippen LogP contribution in [0.3, 0.4) is 0 Å². The first-order valence-corrected chi connectivity index (χ1v) is 8.68. The fourth-order valence-electron chi connectivity index (χ4n) is 3.38. The lowest BCUT2D eigenvalue weighted by Gasteiger charge is -2.30. The van der Waals surface area contributed by atoms with E-state index in [2.05, 4.69) is 6.07 Å². The topological polar surface area (TPSA) is 53.3 Å². The standard InChI is InChI=1S/C21H22N2O2/c1-25-19-12-10-17(11-13-19)20-5-3-2-4-14-23(20)21(24)18-8-6-16(15-22)7-9-18/h6-13,20H,2-5,14H2,1H3/t20-/m0/s1. The number of hydrogen-bond donors (Lipinski definition) is 0. The molecular weight excluding hydrogens is 312 g/mol. The molecular formula is C21H22N2O2. The molecule has 0 N–H and O–H groups in total. The Hall–Kier alpha value is -2.80. The molecule has 2 aromatic carbocycles. The van der Waals surface area contributed by atoms with Crippen LogP contribution in [0.2, 0.25) is 0 Å². The summed E-state index contributed by atoms with van der Waals surface area (Å²) in [4.78, 5) is 15.1. The number of benzene rings is 2. The molecule has 1 fully saturated rings. The van der Waals surface area contributed by atoms with Gasteiger partial charge in [-0.05, 0) is 54.8 Å². The molecule has 0 radical (unpaired) electrons. The van der Waals surface area contributed by atoms with E-state index in [0.29, 0.717) is 11.1 Å². The first-order chi connectivity index (χ1) is 12.2. The summed E-state index contributed by atoms with van der Waals surface area (Å²) in [6.07, 6.45) is 4.25. The minimum Gasteiger partial charge on any atom is -0.497 e. The van der Waals surface area contributed by atoms with Gasteiger partial charge in [0.15, 0.2) is 0 Å². The molecule has 4 heteroatoms. The SMILES string of the molecule is COc1ccc([C@@H]2CCCCCN2C(=O)c2ccc(C#N)cc2)cc1. The fourth-order valence-corrected chi connectivity index (χ4v) is 3.38. The van der Waals surface area contributed by atoms with Crippen molar-refractivity contribution in [1.82, 2.24) is 4.90 Å². The maximum atomic E-state index is 13.1. The zero-order valence-corrected chi connectivity index (χ0v) is 14.4. The van der Waals surface area contributed by atoms with Gasteiger partial charge in [-0.1, -0.05) is 25.0 Å². The highest BCUT2D eigenvalue weighted by Gasteiger charge is 2.27. The van der Waals surface area contributed by atoms with E-state index in [9.17, 15) is 4.79 Å². The van der Waals surface area contributed by atoms with E-state index in [4.69, 9.17) is 10.00 Å². The molecule has 1 aliphatic heterocycles. The van der Waals surface area contributed by atoms with Gasteiger partial charge in [0.2, 0.25) is 0 Å². The van der Waals surface area contributed by atoms with Crippen LogP contribution in [0.5, 0.6) is 5.75 Å². The molecule has 1 amide bonds. The van der Waals surface area contributed by atoms with E-state index >= 15 is 0 Å². The van der Waals surface area contributed by atoms with Crippen LogP contribution < -0.4 is 4.74 Å². The predicted octanol–water partition coefficient (Wildman–Crippen LogP) is 4.32. The van der Waals surface area contributed by atoms with Gasteiger partial charge in [-0.25, -0.2) is 0 Å². The summed E-state index contributed by atoms with van der Waals surface area (Å²) in [6.45, 7) is 0.759. The Morgan fingerprint density at radius 1 is 1.08 bits per heavy atom. The number of likely N-dealkylation sites (tertiary alicyclic amines) is 1. The molecule has 1 saturated heterocycles. The third kappa shape index (κ3) is 3.83. The predicted molar refractivity (Wildman–Crippen MR) is 96.4 cm³/mol. The Morgan fingerprint density at radius 3 is 2.44 bits per heavy atom. The lowest BCUT2D eigenvalue weighted by molar-refractivity contribution is 0.0681. The van der Waals surface area contributed by atoms with E-state index in [1.807, 2.05) is 29.2 Å². The largest absolute Gasteiger partial charge is 0.497 e. The number of carbonyl (C=O) groups excluding carboxylic acids is 1. The third-order valence-electron chi connectivity index (χ3n) is 4.78. The van der Waals surface area contributed by atoms with Crippen molar-refractivity contribution < 1.29 is 9.53 Å². The van der Waals surface area contributed by atoms with Crippen LogP contribution in [0.1, 0.15) is 53.2 Å². The molecule has 25 heavy (non-hydrogen) atoms. The van der Waals surface area contributed by atoms with E-state index in [1.54, 1.807) is 31.4 Å². The Kier molecular flexibility index (Phi) is 5.35. The zero-order valence-electron chi connectivity index (χ0n) is 14.4. The number of ether oxygens (including phenoxy) is 1. The number of methoxy groups -OCH3 is 1. The summed E-state index contributed by atoms with van der Waals surface area (Å²) in [5.41, 5.74) is 2.35. The van der Waals surface area contributed by atoms with E-state index in [-0.39, 0.29) is 11.9 Å². The van der Waals surface area contributed by atoms with Gasteiger partial charge in [0.25, 0.3) is 5.91 Å². The molecule has 4 nitrogen and oxygen atoms in total. The lowest BCUT2D eigenvalue weighted by atomic mass is 9.99. The van der Waals surface area contributed by atoms with Crippen LogP contribution in [0, 0.1) is 11.3 Å². The smallest absolute Gasteiger partial charge is 0.254 e. The molecule has 1 heterocycles. The molecule has 0 bridgehead atoms. The second-order valence-corrected chi connectivity index (χ2v) is 6.33. The molecule has 0 unspecified atom stereocenters. The van der Waals surface area contributed by atoms with Crippen molar-refractivity contribution in [3.05, 3.63) is 65.2 Å². The van der Waals surface area contributed by atoms with E-state index < -0.39 is 0 Å². The van der Waals surface area contributed by atoms with Gasteiger partial charge >= 0.3 is 0 Å². The summed E-state index contributed by atoms with van der Waals surface area (Å²) >= 11 is 0. The Bertz CT molecular complexity index is 760.